The number of pyridine rings is 1. The Morgan fingerprint density at radius 2 is 1.74 bits per heavy atom. The fraction of sp³-hybridized carbons (Fsp3) is 0.273. The predicted octanol–water partition coefficient (Wildman–Crippen LogP) is 4.14. The Morgan fingerprint density at radius 1 is 1.00 bits per heavy atom. The molecule has 0 aliphatic heterocycles. The fourth-order valence-electron chi connectivity index (χ4n) is 3.14. The van der Waals surface area contributed by atoms with Gasteiger partial charge in [0.05, 0.1) is 31.0 Å². The molecule has 1 aromatic heterocycles. The van der Waals surface area contributed by atoms with Crippen molar-refractivity contribution < 1.29 is 14.3 Å². The van der Waals surface area contributed by atoms with Gasteiger partial charge in [-0.1, -0.05) is 17.7 Å². The highest BCUT2D eigenvalue weighted by atomic mass is 16.5. The van der Waals surface area contributed by atoms with Crippen LogP contribution in [0.3, 0.4) is 0 Å². The molecule has 0 saturated carbocycles. The molecule has 0 radical (unpaired) electrons. The minimum absolute atomic E-state index is 0.0572. The number of aromatic nitrogens is 1. The van der Waals surface area contributed by atoms with Gasteiger partial charge >= 0.3 is 0 Å². The van der Waals surface area contributed by atoms with E-state index in [0.717, 1.165) is 27.7 Å². The lowest BCUT2D eigenvalue weighted by atomic mass is 10.1. The molecule has 140 valence electrons. The number of benzene rings is 2. The lowest BCUT2D eigenvalue weighted by Crippen LogP contribution is -2.27. The maximum absolute atomic E-state index is 13.0. The number of aryl methyl sites for hydroxylation is 2. The highest BCUT2D eigenvalue weighted by molar-refractivity contribution is 5.98. The molecule has 27 heavy (non-hydrogen) atoms. The van der Waals surface area contributed by atoms with Gasteiger partial charge in [-0.05, 0) is 49.7 Å². The molecule has 0 saturated heterocycles. The van der Waals surface area contributed by atoms with Gasteiger partial charge in [0.1, 0.15) is 0 Å². The Hall–Kier alpha value is -3.08. The van der Waals surface area contributed by atoms with Gasteiger partial charge in [0, 0.05) is 19.0 Å². The minimum atomic E-state index is -0.0572. The van der Waals surface area contributed by atoms with E-state index in [0.29, 0.717) is 23.6 Å². The first-order valence-corrected chi connectivity index (χ1v) is 8.77. The minimum Gasteiger partial charge on any atom is -0.493 e. The van der Waals surface area contributed by atoms with E-state index in [4.69, 9.17) is 9.47 Å². The molecular formula is C22H24N2O3. The normalized spacial score (nSPS) is 10.7. The molecule has 0 atom stereocenters. The van der Waals surface area contributed by atoms with Gasteiger partial charge in [-0.25, -0.2) is 0 Å². The summed E-state index contributed by atoms with van der Waals surface area (Å²) >= 11 is 0. The maximum Gasteiger partial charge on any atom is 0.255 e. The van der Waals surface area contributed by atoms with Crippen LogP contribution in [0.5, 0.6) is 11.5 Å². The van der Waals surface area contributed by atoms with E-state index in [9.17, 15) is 4.79 Å². The average Bonchev–Trinajstić information content (AvgIpc) is 2.67. The molecule has 3 rings (SSSR count). The standard InChI is InChI=1S/C22H24N2O3/c1-14-6-8-19-17(10-14)12-18(15(2)23-19)22(25)24(3)13-16-7-9-20(26-4)21(11-16)27-5/h6-12H,13H2,1-5H3. The van der Waals surface area contributed by atoms with Crippen molar-refractivity contribution in [3.63, 3.8) is 0 Å². The number of hydrogen-bond acceptors (Lipinski definition) is 4. The van der Waals surface area contributed by atoms with Crippen molar-refractivity contribution in [2.24, 2.45) is 0 Å². The monoisotopic (exact) mass is 364 g/mol. The molecule has 5 nitrogen and oxygen atoms in total. The van der Waals surface area contributed by atoms with E-state index >= 15 is 0 Å². The molecule has 0 unspecified atom stereocenters. The van der Waals surface area contributed by atoms with Crippen molar-refractivity contribution in [2.45, 2.75) is 20.4 Å². The van der Waals surface area contributed by atoms with Crippen LogP contribution in [0.25, 0.3) is 10.9 Å². The molecule has 1 amide bonds. The zero-order valence-electron chi connectivity index (χ0n) is 16.4. The van der Waals surface area contributed by atoms with Crippen LogP contribution in [0.1, 0.15) is 27.2 Å². The van der Waals surface area contributed by atoms with Crippen LogP contribution in [-0.4, -0.2) is 37.1 Å². The second kappa shape index (κ2) is 7.66. The number of rotatable bonds is 5. The zero-order chi connectivity index (χ0) is 19.6. The van der Waals surface area contributed by atoms with Gasteiger partial charge in [0.25, 0.3) is 5.91 Å². The van der Waals surface area contributed by atoms with Crippen molar-refractivity contribution in [2.75, 3.05) is 21.3 Å². The van der Waals surface area contributed by atoms with E-state index in [1.807, 2.05) is 56.3 Å². The zero-order valence-corrected chi connectivity index (χ0v) is 16.4. The number of carbonyl (C=O) groups is 1. The topological polar surface area (TPSA) is 51.7 Å². The van der Waals surface area contributed by atoms with Gasteiger partial charge in [-0.2, -0.15) is 0 Å². The second-order valence-electron chi connectivity index (χ2n) is 6.67. The molecule has 0 aliphatic rings. The van der Waals surface area contributed by atoms with Crippen LogP contribution in [0.4, 0.5) is 0 Å². The van der Waals surface area contributed by atoms with Crippen molar-refractivity contribution in [1.29, 1.82) is 0 Å². The molecule has 0 N–H and O–H groups in total. The second-order valence-corrected chi connectivity index (χ2v) is 6.67. The Kier molecular flexibility index (Phi) is 5.31. The third kappa shape index (κ3) is 3.87. The van der Waals surface area contributed by atoms with Crippen LogP contribution < -0.4 is 9.47 Å². The molecule has 0 bridgehead atoms. The fourth-order valence-corrected chi connectivity index (χ4v) is 3.14. The highest BCUT2D eigenvalue weighted by Crippen LogP contribution is 2.28. The van der Waals surface area contributed by atoms with Crippen molar-refractivity contribution in [1.82, 2.24) is 9.88 Å². The number of methoxy groups -OCH3 is 2. The van der Waals surface area contributed by atoms with Crippen molar-refractivity contribution in [3.05, 3.63) is 64.8 Å². The SMILES string of the molecule is COc1ccc(CN(C)C(=O)c2cc3cc(C)ccc3nc2C)cc1OC. The predicted molar refractivity (Wildman–Crippen MR) is 107 cm³/mol. The first-order valence-electron chi connectivity index (χ1n) is 8.77. The number of hydrogen-bond donors (Lipinski definition) is 0. The quantitative estimate of drug-likeness (QED) is 0.683. The van der Waals surface area contributed by atoms with Crippen LogP contribution >= 0.6 is 0 Å². The molecule has 5 heteroatoms. The van der Waals surface area contributed by atoms with Crippen LogP contribution in [0.2, 0.25) is 0 Å². The van der Waals surface area contributed by atoms with Crippen LogP contribution in [-0.2, 0) is 6.54 Å². The van der Waals surface area contributed by atoms with Crippen LogP contribution in [0, 0.1) is 13.8 Å². The number of carbonyl (C=O) groups excluding carboxylic acids is 1. The van der Waals surface area contributed by atoms with E-state index in [1.165, 1.54) is 0 Å². The highest BCUT2D eigenvalue weighted by Gasteiger charge is 2.17. The van der Waals surface area contributed by atoms with Crippen LogP contribution in [0.15, 0.2) is 42.5 Å². The van der Waals surface area contributed by atoms with Gasteiger partial charge in [-0.3, -0.25) is 9.78 Å². The Labute approximate surface area is 159 Å². The number of ether oxygens (including phenoxy) is 2. The van der Waals surface area contributed by atoms with E-state index in [1.54, 1.807) is 26.2 Å². The smallest absolute Gasteiger partial charge is 0.255 e. The van der Waals surface area contributed by atoms with E-state index < -0.39 is 0 Å². The van der Waals surface area contributed by atoms with E-state index in [2.05, 4.69) is 4.98 Å². The first-order chi connectivity index (χ1) is 12.9. The lowest BCUT2D eigenvalue weighted by molar-refractivity contribution is 0.0784. The number of nitrogens with zero attached hydrogens (tertiary/aromatic N) is 2. The summed E-state index contributed by atoms with van der Waals surface area (Å²) in [7, 11) is 4.99. The largest absolute Gasteiger partial charge is 0.493 e. The molecule has 3 aromatic rings. The van der Waals surface area contributed by atoms with Crippen molar-refractivity contribution >= 4 is 16.8 Å². The summed E-state index contributed by atoms with van der Waals surface area (Å²) in [6.45, 7) is 4.37. The average molecular weight is 364 g/mol. The number of fused-ring (bicyclic) bond motifs is 1. The first kappa shape index (κ1) is 18.7. The Morgan fingerprint density at radius 3 is 2.44 bits per heavy atom. The maximum atomic E-state index is 13.0. The van der Waals surface area contributed by atoms with Gasteiger partial charge in [-0.15, -0.1) is 0 Å². The summed E-state index contributed by atoms with van der Waals surface area (Å²) in [5.41, 5.74) is 4.36. The lowest BCUT2D eigenvalue weighted by Gasteiger charge is -2.19. The third-order valence-corrected chi connectivity index (χ3v) is 4.61. The summed E-state index contributed by atoms with van der Waals surface area (Å²) in [6, 6.07) is 13.7. The summed E-state index contributed by atoms with van der Waals surface area (Å²) in [5, 5.41) is 0.975. The van der Waals surface area contributed by atoms with Gasteiger partial charge < -0.3 is 14.4 Å². The summed E-state index contributed by atoms with van der Waals surface area (Å²) in [4.78, 5) is 19.3. The van der Waals surface area contributed by atoms with Gasteiger partial charge in [0.15, 0.2) is 11.5 Å². The summed E-state index contributed by atoms with van der Waals surface area (Å²) < 4.78 is 10.6. The molecule has 1 heterocycles. The molecular weight excluding hydrogens is 340 g/mol. The molecule has 0 aliphatic carbocycles. The number of amides is 1. The van der Waals surface area contributed by atoms with E-state index in [-0.39, 0.29) is 5.91 Å². The van der Waals surface area contributed by atoms with Crippen molar-refractivity contribution in [3.8, 4) is 11.5 Å². The molecule has 0 spiro atoms. The molecule has 0 fully saturated rings. The van der Waals surface area contributed by atoms with Gasteiger partial charge in [0.2, 0.25) is 0 Å². The third-order valence-electron chi connectivity index (χ3n) is 4.61. The Balaban J connectivity index is 1.87. The molecule has 2 aromatic carbocycles. The Bertz CT molecular complexity index is 998. The summed E-state index contributed by atoms with van der Waals surface area (Å²) in [6.07, 6.45) is 0. The summed E-state index contributed by atoms with van der Waals surface area (Å²) in [5.74, 6) is 1.26.